The number of carbonyl (C=O) groups excluding carboxylic acids is 1. The van der Waals surface area contributed by atoms with Crippen LogP contribution in [0.15, 0.2) is 54.6 Å². The Morgan fingerprint density at radius 3 is 2.07 bits per heavy atom. The third-order valence-electron chi connectivity index (χ3n) is 5.75. The van der Waals surface area contributed by atoms with Crippen LogP contribution in [0.5, 0.6) is 0 Å². The molecular formula is C23H25BrO3. The van der Waals surface area contributed by atoms with Crippen LogP contribution in [0.3, 0.4) is 0 Å². The second-order valence-corrected chi connectivity index (χ2v) is 9.22. The fourth-order valence-electron chi connectivity index (χ4n) is 4.07. The number of benzene rings is 2. The van der Waals surface area contributed by atoms with Gasteiger partial charge in [0.2, 0.25) is 0 Å². The van der Waals surface area contributed by atoms with Gasteiger partial charge in [-0.1, -0.05) is 96.7 Å². The predicted octanol–water partition coefficient (Wildman–Crippen LogP) is 5.75. The lowest BCUT2D eigenvalue weighted by molar-refractivity contribution is -0.138. The van der Waals surface area contributed by atoms with Gasteiger partial charge >= 0.3 is 5.97 Å². The Balaban J connectivity index is 1.92. The maximum atomic E-state index is 13.0. The molecule has 0 saturated heterocycles. The minimum absolute atomic E-state index is 0.00725. The lowest BCUT2D eigenvalue weighted by Gasteiger charge is -2.31. The van der Waals surface area contributed by atoms with E-state index in [4.69, 9.17) is 0 Å². The van der Waals surface area contributed by atoms with Crippen molar-refractivity contribution in [2.24, 2.45) is 0 Å². The van der Waals surface area contributed by atoms with E-state index in [0.717, 1.165) is 36.8 Å². The first kappa shape index (κ1) is 19.8. The fourth-order valence-corrected chi connectivity index (χ4v) is 4.86. The number of carbonyl (C=O) groups is 2. The molecule has 27 heavy (non-hydrogen) atoms. The Kier molecular flexibility index (Phi) is 5.85. The van der Waals surface area contributed by atoms with E-state index in [1.54, 1.807) is 0 Å². The third kappa shape index (κ3) is 4.16. The summed E-state index contributed by atoms with van der Waals surface area (Å²) in [6.45, 7) is 1.94. The Morgan fingerprint density at radius 2 is 1.52 bits per heavy atom. The second-order valence-electron chi connectivity index (χ2n) is 7.70. The first-order valence-electron chi connectivity index (χ1n) is 9.47. The van der Waals surface area contributed by atoms with Gasteiger partial charge in [0, 0.05) is 11.0 Å². The lowest BCUT2D eigenvalue weighted by Crippen LogP contribution is -2.34. The highest BCUT2D eigenvalue weighted by Gasteiger charge is 2.37. The number of Topliss-reactive ketones (excluding diaryl/α,β-unsaturated/α-hetero) is 1. The van der Waals surface area contributed by atoms with Crippen LogP contribution in [0.2, 0.25) is 0 Å². The van der Waals surface area contributed by atoms with E-state index < -0.39 is 15.7 Å². The van der Waals surface area contributed by atoms with E-state index in [9.17, 15) is 14.7 Å². The van der Waals surface area contributed by atoms with Gasteiger partial charge in [-0.3, -0.25) is 9.59 Å². The van der Waals surface area contributed by atoms with Crippen molar-refractivity contribution in [1.82, 2.24) is 0 Å². The van der Waals surface area contributed by atoms with Crippen molar-refractivity contribution < 1.29 is 14.7 Å². The van der Waals surface area contributed by atoms with E-state index in [1.807, 2.05) is 61.5 Å². The molecule has 1 atom stereocenters. The fraction of sp³-hybridized carbons (Fsp3) is 0.391. The van der Waals surface area contributed by atoms with Gasteiger partial charge in [0.15, 0.2) is 5.78 Å². The highest BCUT2D eigenvalue weighted by Crippen LogP contribution is 2.40. The highest BCUT2D eigenvalue weighted by atomic mass is 79.9. The van der Waals surface area contributed by atoms with Gasteiger partial charge in [-0.15, -0.1) is 0 Å². The first-order valence-corrected chi connectivity index (χ1v) is 10.3. The number of carboxylic acid groups (broad SMARTS) is 1. The van der Waals surface area contributed by atoms with Crippen LogP contribution >= 0.6 is 15.9 Å². The van der Waals surface area contributed by atoms with E-state index in [-0.39, 0.29) is 12.2 Å². The standard InChI is InChI=1S/C23H25BrO3/c1-22(16-20(25)26,18-8-4-2-5-9-18)19-12-10-17(11-13-19)21(27)23(24)14-6-3-7-15-23/h2,4-5,8-13H,3,6-7,14-16H2,1H3,(H,25,26). The number of carboxylic acids is 1. The number of aliphatic carboxylic acids is 1. The molecule has 1 saturated carbocycles. The molecule has 0 radical (unpaired) electrons. The average molecular weight is 429 g/mol. The molecule has 0 heterocycles. The monoisotopic (exact) mass is 428 g/mol. The summed E-state index contributed by atoms with van der Waals surface area (Å²) in [5, 5.41) is 9.46. The van der Waals surface area contributed by atoms with E-state index in [2.05, 4.69) is 15.9 Å². The van der Waals surface area contributed by atoms with Gasteiger partial charge in [0.05, 0.1) is 10.7 Å². The maximum absolute atomic E-state index is 13.0. The molecule has 1 fully saturated rings. The summed E-state index contributed by atoms with van der Waals surface area (Å²) in [5.74, 6) is -0.712. The van der Waals surface area contributed by atoms with E-state index in [1.165, 1.54) is 6.42 Å². The highest BCUT2D eigenvalue weighted by molar-refractivity contribution is 9.10. The molecule has 1 unspecified atom stereocenters. The van der Waals surface area contributed by atoms with Crippen molar-refractivity contribution in [1.29, 1.82) is 0 Å². The molecule has 3 nitrogen and oxygen atoms in total. The first-order chi connectivity index (χ1) is 12.8. The number of alkyl halides is 1. The molecule has 0 aliphatic heterocycles. The van der Waals surface area contributed by atoms with Gasteiger partial charge < -0.3 is 5.11 Å². The Bertz CT molecular complexity index is 807. The Hall–Kier alpha value is -1.94. The summed E-state index contributed by atoms with van der Waals surface area (Å²) >= 11 is 3.70. The second kappa shape index (κ2) is 7.97. The molecule has 0 spiro atoms. The molecular weight excluding hydrogens is 404 g/mol. The van der Waals surface area contributed by atoms with Gasteiger partial charge in [-0.2, -0.15) is 0 Å². The average Bonchev–Trinajstić information content (AvgIpc) is 2.68. The topological polar surface area (TPSA) is 54.4 Å². The molecule has 1 aliphatic rings. The number of hydrogen-bond acceptors (Lipinski definition) is 2. The maximum Gasteiger partial charge on any atom is 0.304 e. The van der Waals surface area contributed by atoms with E-state index >= 15 is 0 Å². The van der Waals surface area contributed by atoms with Crippen LogP contribution in [0.1, 0.15) is 66.9 Å². The normalized spacial score (nSPS) is 18.4. The number of halogens is 1. The molecule has 0 bridgehead atoms. The zero-order valence-corrected chi connectivity index (χ0v) is 17.2. The van der Waals surface area contributed by atoms with Crippen LogP contribution in [0.4, 0.5) is 0 Å². The van der Waals surface area contributed by atoms with Crippen molar-refractivity contribution in [2.75, 3.05) is 0 Å². The minimum atomic E-state index is -0.844. The van der Waals surface area contributed by atoms with Crippen molar-refractivity contribution in [2.45, 2.75) is 55.2 Å². The molecule has 2 aromatic rings. The van der Waals surface area contributed by atoms with Crippen LogP contribution in [-0.4, -0.2) is 21.2 Å². The summed E-state index contributed by atoms with van der Waals surface area (Å²) in [7, 11) is 0. The third-order valence-corrected chi connectivity index (χ3v) is 6.91. The largest absolute Gasteiger partial charge is 0.481 e. The predicted molar refractivity (Wildman–Crippen MR) is 111 cm³/mol. The van der Waals surface area contributed by atoms with Gasteiger partial charge in [-0.25, -0.2) is 0 Å². The molecule has 3 rings (SSSR count). The van der Waals surface area contributed by atoms with Crippen molar-refractivity contribution in [3.05, 3.63) is 71.3 Å². The van der Waals surface area contributed by atoms with Crippen LogP contribution < -0.4 is 0 Å². The smallest absolute Gasteiger partial charge is 0.304 e. The lowest BCUT2D eigenvalue weighted by atomic mass is 9.73. The molecule has 1 aliphatic carbocycles. The van der Waals surface area contributed by atoms with Crippen molar-refractivity contribution in [3.63, 3.8) is 0 Å². The summed E-state index contributed by atoms with van der Waals surface area (Å²) in [6, 6.07) is 17.2. The van der Waals surface area contributed by atoms with Gasteiger partial charge in [0.1, 0.15) is 0 Å². The number of ketones is 1. The molecule has 2 aromatic carbocycles. The quantitative estimate of drug-likeness (QED) is 0.470. The van der Waals surface area contributed by atoms with Crippen LogP contribution in [-0.2, 0) is 10.2 Å². The Morgan fingerprint density at radius 1 is 0.963 bits per heavy atom. The molecule has 142 valence electrons. The minimum Gasteiger partial charge on any atom is -0.481 e. The molecule has 1 N–H and O–H groups in total. The van der Waals surface area contributed by atoms with Crippen LogP contribution in [0, 0.1) is 0 Å². The Labute approximate surface area is 168 Å². The van der Waals surface area contributed by atoms with Gasteiger partial charge in [-0.05, 0) is 24.0 Å². The zero-order chi connectivity index (χ0) is 19.5. The van der Waals surface area contributed by atoms with E-state index in [0.29, 0.717) is 5.56 Å². The molecule has 0 amide bonds. The summed E-state index contributed by atoms with van der Waals surface area (Å²) in [4.78, 5) is 24.5. The summed E-state index contributed by atoms with van der Waals surface area (Å²) in [5.41, 5.74) is 1.89. The summed E-state index contributed by atoms with van der Waals surface area (Å²) in [6.07, 6.45) is 5.05. The number of rotatable bonds is 6. The SMILES string of the molecule is CC(CC(=O)O)(c1ccccc1)c1ccc(C(=O)C2(Br)CCCCC2)cc1. The molecule has 4 heteroatoms. The van der Waals surface area contributed by atoms with Crippen molar-refractivity contribution in [3.8, 4) is 0 Å². The zero-order valence-electron chi connectivity index (χ0n) is 15.6. The van der Waals surface area contributed by atoms with Gasteiger partial charge in [0.25, 0.3) is 0 Å². The number of hydrogen-bond donors (Lipinski definition) is 1. The van der Waals surface area contributed by atoms with Crippen molar-refractivity contribution >= 4 is 27.7 Å². The summed E-state index contributed by atoms with van der Waals surface area (Å²) < 4.78 is -0.448. The van der Waals surface area contributed by atoms with Crippen LogP contribution in [0.25, 0.3) is 0 Å². The molecule has 0 aromatic heterocycles.